The molecule has 3 aromatic carbocycles. The topological polar surface area (TPSA) is 86.8 Å². The van der Waals surface area contributed by atoms with Crippen LogP contribution in [-0.2, 0) is 26.2 Å². The highest BCUT2D eigenvalue weighted by Gasteiger charge is 2.33. The van der Waals surface area contributed by atoms with Crippen molar-refractivity contribution in [1.29, 1.82) is 0 Å². The highest BCUT2D eigenvalue weighted by atomic mass is 79.9. The molecule has 3 aromatic rings. The third kappa shape index (κ3) is 7.12. The molecule has 1 aliphatic carbocycles. The molecule has 0 bridgehead atoms. The van der Waals surface area contributed by atoms with Crippen molar-refractivity contribution in [2.75, 3.05) is 10.8 Å². The van der Waals surface area contributed by atoms with E-state index in [0.29, 0.717) is 5.69 Å². The molecule has 1 fully saturated rings. The first-order valence-corrected chi connectivity index (χ1v) is 15.8. The van der Waals surface area contributed by atoms with Crippen LogP contribution in [0.3, 0.4) is 0 Å². The molecule has 0 aliphatic heterocycles. The molecule has 212 valence electrons. The summed E-state index contributed by atoms with van der Waals surface area (Å²) in [6.45, 7) is 5.27. The number of nitrogens with zero attached hydrogens (tertiary/aromatic N) is 2. The summed E-state index contributed by atoms with van der Waals surface area (Å²) in [5.74, 6) is -0.698. The molecule has 1 aliphatic rings. The van der Waals surface area contributed by atoms with Gasteiger partial charge in [0.25, 0.3) is 10.0 Å². The molecule has 40 heavy (non-hydrogen) atoms. The average Bonchev–Trinajstić information content (AvgIpc) is 3.46. The van der Waals surface area contributed by atoms with Crippen molar-refractivity contribution < 1.29 is 18.0 Å². The largest absolute Gasteiger partial charge is 0.352 e. The Kier molecular flexibility index (Phi) is 9.68. The zero-order valence-corrected chi connectivity index (χ0v) is 25.5. The van der Waals surface area contributed by atoms with E-state index in [4.69, 9.17) is 0 Å². The Balaban J connectivity index is 1.69. The Bertz CT molecular complexity index is 1440. The number of benzene rings is 3. The van der Waals surface area contributed by atoms with Crippen LogP contribution in [0.1, 0.15) is 49.3 Å². The van der Waals surface area contributed by atoms with Crippen LogP contribution in [0.25, 0.3) is 0 Å². The van der Waals surface area contributed by atoms with Gasteiger partial charge in [0, 0.05) is 17.1 Å². The van der Waals surface area contributed by atoms with Crippen LogP contribution in [0.4, 0.5) is 5.69 Å². The van der Waals surface area contributed by atoms with Crippen molar-refractivity contribution in [2.24, 2.45) is 0 Å². The van der Waals surface area contributed by atoms with Gasteiger partial charge in [-0.3, -0.25) is 13.9 Å². The van der Waals surface area contributed by atoms with Crippen LogP contribution >= 0.6 is 15.9 Å². The van der Waals surface area contributed by atoms with Gasteiger partial charge in [0.1, 0.15) is 12.6 Å². The summed E-state index contributed by atoms with van der Waals surface area (Å²) in [4.78, 5) is 28.9. The molecule has 0 radical (unpaired) electrons. The number of rotatable bonds is 10. The third-order valence-electron chi connectivity index (χ3n) is 7.52. The molecule has 1 N–H and O–H groups in total. The molecule has 9 heteroatoms. The number of nitrogens with one attached hydrogen (secondary N) is 1. The van der Waals surface area contributed by atoms with E-state index in [9.17, 15) is 18.0 Å². The minimum atomic E-state index is -4.08. The Morgan fingerprint density at radius 2 is 1.60 bits per heavy atom. The monoisotopic (exact) mass is 625 g/mol. The SMILES string of the molecule is Cc1ccc(N(CC(=O)N(Cc2ccc(Br)cc2)[C@@H](C)C(=O)NC2CCCC2)S(=O)(=O)c2ccccc2)cc1C. The molecule has 0 saturated heterocycles. The fourth-order valence-corrected chi connectivity index (χ4v) is 6.58. The first-order chi connectivity index (χ1) is 19.1. The predicted molar refractivity (Wildman–Crippen MR) is 161 cm³/mol. The molecular formula is C31H36BrN3O4S. The van der Waals surface area contributed by atoms with E-state index in [-0.39, 0.29) is 23.4 Å². The fraction of sp³-hybridized carbons (Fsp3) is 0.355. The second kappa shape index (κ2) is 13.0. The number of amides is 2. The number of hydrogen-bond acceptors (Lipinski definition) is 4. The molecule has 7 nitrogen and oxygen atoms in total. The molecular weight excluding hydrogens is 590 g/mol. The summed E-state index contributed by atoms with van der Waals surface area (Å²) in [7, 11) is -4.08. The molecule has 4 rings (SSSR count). The van der Waals surface area contributed by atoms with Gasteiger partial charge in [0.15, 0.2) is 0 Å². The number of anilines is 1. The lowest BCUT2D eigenvalue weighted by Crippen LogP contribution is -2.52. The fourth-order valence-electron chi connectivity index (χ4n) is 4.89. The van der Waals surface area contributed by atoms with Gasteiger partial charge in [0.05, 0.1) is 10.6 Å². The minimum Gasteiger partial charge on any atom is -0.352 e. The summed E-state index contributed by atoms with van der Waals surface area (Å²) in [6, 6.07) is 20.3. The number of halogens is 1. The van der Waals surface area contributed by atoms with Gasteiger partial charge in [-0.05, 0) is 86.7 Å². The molecule has 2 amide bonds. The lowest BCUT2D eigenvalue weighted by molar-refractivity contribution is -0.139. The first-order valence-electron chi connectivity index (χ1n) is 13.6. The molecule has 0 unspecified atom stereocenters. The number of aryl methyl sites for hydroxylation is 2. The van der Waals surface area contributed by atoms with Crippen molar-refractivity contribution in [2.45, 2.75) is 70.0 Å². The summed E-state index contributed by atoms with van der Waals surface area (Å²) in [5, 5.41) is 3.09. The van der Waals surface area contributed by atoms with Crippen molar-refractivity contribution in [3.63, 3.8) is 0 Å². The number of carbonyl (C=O) groups excluding carboxylic acids is 2. The Hall–Kier alpha value is -3.17. The Morgan fingerprint density at radius 3 is 2.23 bits per heavy atom. The molecule has 1 saturated carbocycles. The maximum absolute atomic E-state index is 14.0. The quantitative estimate of drug-likeness (QED) is 0.311. The lowest BCUT2D eigenvalue weighted by Gasteiger charge is -2.32. The van der Waals surface area contributed by atoms with E-state index in [1.165, 1.54) is 17.0 Å². The van der Waals surface area contributed by atoms with Gasteiger partial charge < -0.3 is 10.2 Å². The normalized spacial score (nSPS) is 14.5. The van der Waals surface area contributed by atoms with Crippen LogP contribution in [0.2, 0.25) is 0 Å². The van der Waals surface area contributed by atoms with Crippen LogP contribution in [0.5, 0.6) is 0 Å². The van der Waals surface area contributed by atoms with E-state index in [2.05, 4.69) is 21.2 Å². The van der Waals surface area contributed by atoms with E-state index >= 15 is 0 Å². The third-order valence-corrected chi connectivity index (χ3v) is 9.84. The molecule has 0 heterocycles. The van der Waals surface area contributed by atoms with Crippen molar-refractivity contribution in [3.8, 4) is 0 Å². The predicted octanol–water partition coefficient (Wildman–Crippen LogP) is 5.74. The van der Waals surface area contributed by atoms with E-state index in [1.807, 2.05) is 44.2 Å². The second-order valence-electron chi connectivity index (χ2n) is 10.4. The van der Waals surface area contributed by atoms with Crippen molar-refractivity contribution >= 4 is 43.5 Å². The van der Waals surface area contributed by atoms with Gasteiger partial charge in [0.2, 0.25) is 11.8 Å². The number of carbonyl (C=O) groups is 2. The number of sulfonamides is 1. The zero-order valence-electron chi connectivity index (χ0n) is 23.1. The van der Waals surface area contributed by atoms with Gasteiger partial charge >= 0.3 is 0 Å². The highest BCUT2D eigenvalue weighted by Crippen LogP contribution is 2.27. The lowest BCUT2D eigenvalue weighted by atomic mass is 10.1. The van der Waals surface area contributed by atoms with E-state index < -0.39 is 28.5 Å². The molecule has 1 atom stereocenters. The van der Waals surface area contributed by atoms with Gasteiger partial charge in [-0.15, -0.1) is 0 Å². The first kappa shape index (κ1) is 29.8. The van der Waals surface area contributed by atoms with E-state index in [1.54, 1.807) is 37.3 Å². The van der Waals surface area contributed by atoms with Crippen LogP contribution < -0.4 is 9.62 Å². The van der Waals surface area contributed by atoms with Gasteiger partial charge in [-0.2, -0.15) is 0 Å². The summed E-state index contributed by atoms with van der Waals surface area (Å²) in [5.41, 5.74) is 3.16. The Labute approximate surface area is 245 Å². The smallest absolute Gasteiger partial charge is 0.264 e. The van der Waals surface area contributed by atoms with Crippen molar-refractivity contribution in [1.82, 2.24) is 10.2 Å². The average molecular weight is 627 g/mol. The maximum Gasteiger partial charge on any atom is 0.264 e. The number of hydrogen-bond donors (Lipinski definition) is 1. The van der Waals surface area contributed by atoms with Gasteiger partial charge in [-0.25, -0.2) is 8.42 Å². The minimum absolute atomic E-state index is 0.0903. The summed E-state index contributed by atoms with van der Waals surface area (Å²) >= 11 is 3.44. The highest BCUT2D eigenvalue weighted by molar-refractivity contribution is 9.10. The summed E-state index contributed by atoms with van der Waals surface area (Å²) in [6.07, 6.45) is 4.00. The maximum atomic E-state index is 14.0. The Morgan fingerprint density at radius 1 is 0.950 bits per heavy atom. The van der Waals surface area contributed by atoms with E-state index in [0.717, 1.165) is 51.2 Å². The van der Waals surface area contributed by atoms with Crippen LogP contribution in [0.15, 0.2) is 82.2 Å². The van der Waals surface area contributed by atoms with Crippen molar-refractivity contribution in [3.05, 3.63) is 94.0 Å². The van der Waals surface area contributed by atoms with Gasteiger partial charge in [-0.1, -0.05) is 65.2 Å². The second-order valence-corrected chi connectivity index (χ2v) is 13.2. The van der Waals surface area contributed by atoms with Crippen LogP contribution in [-0.4, -0.2) is 43.8 Å². The molecule has 0 aromatic heterocycles. The zero-order chi connectivity index (χ0) is 28.9. The molecule has 0 spiro atoms. The van der Waals surface area contributed by atoms with Crippen LogP contribution in [0, 0.1) is 13.8 Å². The standard InChI is InChI=1S/C31H36BrN3O4S/c1-22-13-18-28(19-23(22)2)35(40(38,39)29-11-5-4-6-12-29)21-30(36)34(20-25-14-16-26(32)17-15-25)24(3)31(37)33-27-9-7-8-10-27/h4-6,11-19,24,27H,7-10,20-21H2,1-3H3,(H,33,37)/t24-/m0/s1. The summed E-state index contributed by atoms with van der Waals surface area (Å²) < 4.78 is 29.8.